The molecule has 1 aliphatic heterocycles. The Morgan fingerprint density at radius 2 is 2.07 bits per heavy atom. The van der Waals surface area contributed by atoms with Gasteiger partial charge in [0.2, 0.25) is 0 Å². The van der Waals surface area contributed by atoms with Gasteiger partial charge in [0.25, 0.3) is 10.2 Å². The molecular formula is C9H13N3O2S. The number of nitrogen functional groups attached to an aromatic ring is 1. The minimum atomic E-state index is -3.68. The van der Waals surface area contributed by atoms with E-state index < -0.39 is 10.2 Å². The molecule has 4 N–H and O–H groups in total. The molecule has 0 saturated carbocycles. The number of nitrogens with two attached hydrogens (primary N) is 2. The maximum atomic E-state index is 11.3. The van der Waals surface area contributed by atoms with Gasteiger partial charge in [-0.2, -0.15) is 8.42 Å². The van der Waals surface area contributed by atoms with Crippen molar-refractivity contribution < 1.29 is 8.42 Å². The molecule has 0 bridgehead atoms. The number of hydrogen-bond acceptors (Lipinski definition) is 3. The minimum absolute atomic E-state index is 0.426. The highest BCUT2D eigenvalue weighted by Crippen LogP contribution is 2.30. The maximum absolute atomic E-state index is 11.3. The topological polar surface area (TPSA) is 89.4 Å². The molecule has 0 amide bonds. The number of aryl methyl sites for hydroxylation is 1. The summed E-state index contributed by atoms with van der Waals surface area (Å²) in [7, 11) is -3.68. The molecule has 0 radical (unpaired) electrons. The van der Waals surface area contributed by atoms with Gasteiger partial charge in [0.15, 0.2) is 0 Å². The molecule has 82 valence electrons. The lowest BCUT2D eigenvalue weighted by molar-refractivity contribution is 0.588. The van der Waals surface area contributed by atoms with Crippen molar-refractivity contribution in [2.75, 3.05) is 16.6 Å². The van der Waals surface area contributed by atoms with E-state index in [0.717, 1.165) is 18.4 Å². The standard InChI is InChI=1S/C9H13N3O2S/c10-8-4-3-7-2-1-5-12(9(7)6-8)15(11,13)14/h3-4,6H,1-2,5,10H2,(H2,11,13,14). The average molecular weight is 227 g/mol. The molecule has 0 spiro atoms. The summed E-state index contributed by atoms with van der Waals surface area (Å²) in [6.45, 7) is 0.426. The summed E-state index contributed by atoms with van der Waals surface area (Å²) >= 11 is 0. The maximum Gasteiger partial charge on any atom is 0.299 e. The fourth-order valence-electron chi connectivity index (χ4n) is 1.82. The predicted molar refractivity (Wildman–Crippen MR) is 59.6 cm³/mol. The summed E-state index contributed by atoms with van der Waals surface area (Å²) < 4.78 is 23.9. The van der Waals surface area contributed by atoms with Crippen LogP contribution in [0.1, 0.15) is 12.0 Å². The third-order valence-corrected chi connectivity index (χ3v) is 3.49. The van der Waals surface area contributed by atoms with Crippen molar-refractivity contribution in [2.24, 2.45) is 5.14 Å². The van der Waals surface area contributed by atoms with Crippen LogP contribution in [0.3, 0.4) is 0 Å². The first-order valence-electron chi connectivity index (χ1n) is 4.67. The highest BCUT2D eigenvalue weighted by Gasteiger charge is 2.24. The van der Waals surface area contributed by atoms with E-state index in [-0.39, 0.29) is 0 Å². The van der Waals surface area contributed by atoms with E-state index in [2.05, 4.69) is 0 Å². The zero-order valence-electron chi connectivity index (χ0n) is 8.18. The van der Waals surface area contributed by atoms with E-state index >= 15 is 0 Å². The number of rotatable bonds is 1. The van der Waals surface area contributed by atoms with Crippen LogP contribution in [0.5, 0.6) is 0 Å². The second-order valence-corrected chi connectivity index (χ2v) is 5.08. The van der Waals surface area contributed by atoms with E-state index in [0.29, 0.717) is 17.9 Å². The van der Waals surface area contributed by atoms with Gasteiger partial charge in [0.1, 0.15) is 0 Å². The quantitative estimate of drug-likeness (QED) is 0.673. The predicted octanol–water partition coefficient (Wildman–Crippen LogP) is 0.225. The van der Waals surface area contributed by atoms with Crippen molar-refractivity contribution >= 4 is 21.6 Å². The Bertz CT molecular complexity index is 484. The monoisotopic (exact) mass is 227 g/mol. The van der Waals surface area contributed by atoms with Crippen LogP contribution >= 0.6 is 0 Å². The number of hydrogen-bond donors (Lipinski definition) is 2. The van der Waals surface area contributed by atoms with E-state index in [1.807, 2.05) is 6.07 Å². The third kappa shape index (κ3) is 1.91. The van der Waals surface area contributed by atoms with E-state index in [9.17, 15) is 8.42 Å². The summed E-state index contributed by atoms with van der Waals surface area (Å²) in [6, 6.07) is 5.27. The second-order valence-electron chi connectivity index (χ2n) is 3.61. The van der Waals surface area contributed by atoms with E-state index in [1.165, 1.54) is 4.31 Å². The molecule has 0 saturated heterocycles. The van der Waals surface area contributed by atoms with Crippen LogP contribution in [0, 0.1) is 0 Å². The summed E-state index contributed by atoms with van der Waals surface area (Å²) in [4.78, 5) is 0. The number of fused-ring (bicyclic) bond motifs is 1. The van der Waals surface area contributed by atoms with Crippen molar-refractivity contribution in [1.82, 2.24) is 0 Å². The fraction of sp³-hybridized carbons (Fsp3) is 0.333. The average Bonchev–Trinajstić information content (AvgIpc) is 2.15. The Kier molecular flexibility index (Phi) is 2.32. The lowest BCUT2D eigenvalue weighted by Gasteiger charge is -2.28. The molecular weight excluding hydrogens is 214 g/mol. The zero-order chi connectivity index (χ0) is 11.1. The molecule has 2 rings (SSSR count). The molecule has 0 unspecified atom stereocenters. The van der Waals surface area contributed by atoms with Gasteiger partial charge in [-0.25, -0.2) is 5.14 Å². The Morgan fingerprint density at radius 3 is 2.73 bits per heavy atom. The lowest BCUT2D eigenvalue weighted by Crippen LogP contribution is -2.40. The molecule has 1 heterocycles. The van der Waals surface area contributed by atoms with Crippen molar-refractivity contribution in [2.45, 2.75) is 12.8 Å². The molecule has 0 aromatic heterocycles. The Hall–Kier alpha value is -1.27. The molecule has 6 heteroatoms. The molecule has 0 aliphatic carbocycles. The van der Waals surface area contributed by atoms with Crippen molar-refractivity contribution in [3.05, 3.63) is 23.8 Å². The highest BCUT2D eigenvalue weighted by molar-refractivity contribution is 7.90. The SMILES string of the molecule is Nc1ccc2c(c1)N(S(N)(=O)=O)CCC2. The molecule has 1 aromatic carbocycles. The normalized spacial score (nSPS) is 16.2. The smallest absolute Gasteiger partial charge is 0.299 e. The van der Waals surface area contributed by atoms with Gasteiger partial charge in [-0.05, 0) is 30.5 Å². The zero-order valence-corrected chi connectivity index (χ0v) is 9.00. The Morgan fingerprint density at radius 1 is 1.33 bits per heavy atom. The Labute approximate surface area is 88.9 Å². The minimum Gasteiger partial charge on any atom is -0.399 e. The second kappa shape index (κ2) is 3.39. The first-order valence-corrected chi connectivity index (χ1v) is 6.17. The Balaban J connectivity index is 2.55. The number of nitrogens with zero attached hydrogens (tertiary/aromatic N) is 1. The lowest BCUT2D eigenvalue weighted by atomic mass is 10.0. The van der Waals surface area contributed by atoms with Crippen molar-refractivity contribution in [1.29, 1.82) is 0 Å². The third-order valence-electron chi connectivity index (χ3n) is 2.49. The molecule has 15 heavy (non-hydrogen) atoms. The molecule has 5 nitrogen and oxygen atoms in total. The molecule has 1 aliphatic rings. The summed E-state index contributed by atoms with van der Waals surface area (Å²) in [6.07, 6.45) is 1.65. The van der Waals surface area contributed by atoms with Gasteiger partial charge in [-0.1, -0.05) is 6.07 Å². The van der Waals surface area contributed by atoms with Gasteiger partial charge in [-0.15, -0.1) is 0 Å². The molecule has 1 aromatic rings. The van der Waals surface area contributed by atoms with Gasteiger partial charge >= 0.3 is 0 Å². The van der Waals surface area contributed by atoms with Gasteiger partial charge < -0.3 is 5.73 Å². The van der Waals surface area contributed by atoms with Crippen LogP contribution in [0.25, 0.3) is 0 Å². The van der Waals surface area contributed by atoms with Crippen molar-refractivity contribution in [3.63, 3.8) is 0 Å². The number of anilines is 2. The fourth-order valence-corrected chi connectivity index (χ4v) is 2.65. The van der Waals surface area contributed by atoms with E-state index in [1.54, 1.807) is 12.1 Å². The van der Waals surface area contributed by atoms with Crippen LogP contribution < -0.4 is 15.2 Å². The van der Waals surface area contributed by atoms with Gasteiger partial charge in [0, 0.05) is 12.2 Å². The first-order chi connectivity index (χ1) is 6.98. The molecule has 0 fully saturated rings. The summed E-state index contributed by atoms with van der Waals surface area (Å²) in [5.74, 6) is 0. The van der Waals surface area contributed by atoms with Gasteiger partial charge in [0.05, 0.1) is 5.69 Å². The largest absolute Gasteiger partial charge is 0.399 e. The van der Waals surface area contributed by atoms with Crippen molar-refractivity contribution in [3.8, 4) is 0 Å². The van der Waals surface area contributed by atoms with Crippen LogP contribution in [-0.2, 0) is 16.6 Å². The molecule has 0 atom stereocenters. The highest BCUT2D eigenvalue weighted by atomic mass is 32.2. The van der Waals surface area contributed by atoms with Crippen LogP contribution in [0.4, 0.5) is 11.4 Å². The summed E-state index contributed by atoms with van der Waals surface area (Å²) in [5.41, 5.74) is 7.76. The van der Waals surface area contributed by atoms with E-state index in [4.69, 9.17) is 10.9 Å². The summed E-state index contributed by atoms with van der Waals surface area (Å²) in [5, 5.41) is 5.13. The van der Waals surface area contributed by atoms with Crippen LogP contribution in [0.15, 0.2) is 18.2 Å². The van der Waals surface area contributed by atoms with Crippen LogP contribution in [0.2, 0.25) is 0 Å². The van der Waals surface area contributed by atoms with Crippen LogP contribution in [-0.4, -0.2) is 15.0 Å². The van der Waals surface area contributed by atoms with Gasteiger partial charge in [-0.3, -0.25) is 4.31 Å². The first kappa shape index (κ1) is 10.3. The number of benzene rings is 1.